The van der Waals surface area contributed by atoms with Gasteiger partial charge in [0.1, 0.15) is 6.07 Å². The van der Waals surface area contributed by atoms with E-state index in [-0.39, 0.29) is 0 Å². The van der Waals surface area contributed by atoms with E-state index in [0.717, 1.165) is 15.5 Å². The summed E-state index contributed by atoms with van der Waals surface area (Å²) >= 11 is 3.45. The zero-order valence-electron chi connectivity index (χ0n) is 16.0. The summed E-state index contributed by atoms with van der Waals surface area (Å²) in [7, 11) is 3.77. The maximum absolute atomic E-state index is 12.1. The molecule has 1 heterocycles. The van der Waals surface area contributed by atoms with Gasteiger partial charge in [-0.2, -0.15) is 5.26 Å². The van der Waals surface area contributed by atoms with Crippen molar-refractivity contribution in [2.75, 3.05) is 31.3 Å². The molecule has 0 saturated heterocycles. The van der Waals surface area contributed by atoms with Gasteiger partial charge >= 0.3 is 0 Å². The Balaban J connectivity index is 1.96. The molecule has 1 amide bonds. The Morgan fingerprint density at radius 3 is 2.76 bits per heavy atom. The van der Waals surface area contributed by atoms with Crippen LogP contribution in [0, 0.1) is 23.2 Å². The summed E-state index contributed by atoms with van der Waals surface area (Å²) in [4.78, 5) is 18.3. The number of hydrogen-bond donors (Lipinski definition) is 2. The van der Waals surface area contributed by atoms with E-state index < -0.39 is 5.91 Å². The first-order chi connectivity index (χ1) is 14.0. The maximum atomic E-state index is 12.1. The van der Waals surface area contributed by atoms with Crippen molar-refractivity contribution in [3.63, 3.8) is 0 Å². The zero-order valence-corrected chi connectivity index (χ0v) is 17.5. The lowest BCUT2D eigenvalue weighted by molar-refractivity contribution is -0.111. The second-order valence-electron chi connectivity index (χ2n) is 6.52. The predicted octanol–water partition coefficient (Wildman–Crippen LogP) is 4.12. The SMILES string of the molecule is CN(C)CC#CC(=O)Nc1ccc2ncc(C#N)c(Nc3cccc(Br)c3)c2c1. The number of carbonyl (C=O) groups excluding carboxylic acids is 1. The van der Waals surface area contributed by atoms with Crippen LogP contribution in [-0.2, 0) is 4.79 Å². The third-order valence-electron chi connectivity index (χ3n) is 3.94. The standard InChI is InChI=1S/C22H18BrN5O/c1-28(2)10-4-7-21(29)26-18-8-9-20-19(12-18)22(15(13-24)14-25-20)27-17-6-3-5-16(23)11-17/h3,5-6,8-9,11-12,14H,10H2,1-2H3,(H,25,27)(H,26,29). The number of aromatic nitrogens is 1. The zero-order chi connectivity index (χ0) is 20.8. The summed E-state index contributed by atoms with van der Waals surface area (Å²) < 4.78 is 0.920. The fourth-order valence-electron chi connectivity index (χ4n) is 2.64. The molecule has 0 saturated carbocycles. The van der Waals surface area contributed by atoms with Crippen LogP contribution in [0.5, 0.6) is 0 Å². The van der Waals surface area contributed by atoms with Crippen LogP contribution in [0.15, 0.2) is 53.1 Å². The summed E-state index contributed by atoms with van der Waals surface area (Å²) in [5.41, 5.74) is 3.15. The van der Waals surface area contributed by atoms with Crippen molar-refractivity contribution in [1.82, 2.24) is 9.88 Å². The molecule has 0 unspecified atom stereocenters. The minimum atomic E-state index is -0.392. The number of halogens is 1. The second kappa shape index (κ2) is 9.20. The number of rotatable bonds is 4. The molecule has 29 heavy (non-hydrogen) atoms. The molecule has 6 nitrogen and oxygen atoms in total. The summed E-state index contributed by atoms with van der Waals surface area (Å²) in [6, 6.07) is 15.2. The van der Waals surface area contributed by atoms with Crippen LogP contribution in [0.2, 0.25) is 0 Å². The number of amides is 1. The van der Waals surface area contributed by atoms with Crippen molar-refractivity contribution in [1.29, 1.82) is 5.26 Å². The van der Waals surface area contributed by atoms with Gasteiger partial charge in [-0.15, -0.1) is 0 Å². The summed E-state index contributed by atoms with van der Waals surface area (Å²) in [6.07, 6.45) is 1.54. The van der Waals surface area contributed by atoms with Crippen molar-refractivity contribution in [3.05, 3.63) is 58.7 Å². The van der Waals surface area contributed by atoms with Crippen molar-refractivity contribution in [3.8, 4) is 17.9 Å². The number of benzene rings is 2. The molecule has 0 spiro atoms. The monoisotopic (exact) mass is 447 g/mol. The molecule has 0 radical (unpaired) electrons. The first kappa shape index (κ1) is 20.3. The quantitative estimate of drug-likeness (QED) is 0.587. The van der Waals surface area contributed by atoms with Crippen LogP contribution >= 0.6 is 15.9 Å². The number of anilines is 3. The molecule has 1 aromatic heterocycles. The molecule has 3 rings (SSSR count). The Bertz CT molecular complexity index is 1170. The van der Waals surface area contributed by atoms with Gasteiger partial charge in [0.15, 0.2) is 0 Å². The summed E-state index contributed by atoms with van der Waals surface area (Å²) in [5.74, 6) is 4.97. The minimum Gasteiger partial charge on any atom is -0.354 e. The van der Waals surface area contributed by atoms with Gasteiger partial charge in [0, 0.05) is 27.4 Å². The van der Waals surface area contributed by atoms with Crippen molar-refractivity contribution < 1.29 is 4.79 Å². The van der Waals surface area contributed by atoms with E-state index in [4.69, 9.17) is 0 Å². The smallest absolute Gasteiger partial charge is 0.300 e. The molecule has 2 N–H and O–H groups in total. The molecule has 0 fully saturated rings. The first-order valence-electron chi connectivity index (χ1n) is 8.76. The number of carbonyl (C=O) groups is 1. The topological polar surface area (TPSA) is 81.1 Å². The highest BCUT2D eigenvalue weighted by Gasteiger charge is 2.11. The molecule has 0 aliphatic heterocycles. The van der Waals surface area contributed by atoms with E-state index >= 15 is 0 Å². The van der Waals surface area contributed by atoms with E-state index in [1.807, 2.05) is 43.3 Å². The predicted molar refractivity (Wildman–Crippen MR) is 119 cm³/mol. The number of fused-ring (bicyclic) bond motifs is 1. The Morgan fingerprint density at radius 2 is 2.03 bits per heavy atom. The number of nitrogens with one attached hydrogen (secondary N) is 2. The van der Waals surface area contributed by atoms with Crippen molar-refractivity contribution >= 4 is 49.8 Å². The van der Waals surface area contributed by atoms with Crippen molar-refractivity contribution in [2.45, 2.75) is 0 Å². The van der Waals surface area contributed by atoms with Gasteiger partial charge in [-0.05, 0) is 56.4 Å². The van der Waals surface area contributed by atoms with E-state index in [1.165, 1.54) is 6.20 Å². The summed E-state index contributed by atoms with van der Waals surface area (Å²) in [5, 5.41) is 16.3. The van der Waals surface area contributed by atoms with Crippen LogP contribution in [0.4, 0.5) is 17.1 Å². The Labute approximate surface area is 177 Å². The van der Waals surface area contributed by atoms with E-state index in [9.17, 15) is 10.1 Å². The lowest BCUT2D eigenvalue weighted by Crippen LogP contribution is -2.13. The van der Waals surface area contributed by atoms with Crippen LogP contribution in [-0.4, -0.2) is 36.4 Å². The highest BCUT2D eigenvalue weighted by Crippen LogP contribution is 2.31. The third kappa shape index (κ3) is 5.32. The van der Waals surface area contributed by atoms with Gasteiger partial charge in [0.2, 0.25) is 0 Å². The number of pyridine rings is 1. The third-order valence-corrected chi connectivity index (χ3v) is 4.43. The Kier molecular flexibility index (Phi) is 6.46. The van der Waals surface area contributed by atoms with Gasteiger partial charge in [0.05, 0.1) is 23.3 Å². The second-order valence-corrected chi connectivity index (χ2v) is 7.44. The molecule has 0 aliphatic rings. The van der Waals surface area contributed by atoms with Gasteiger partial charge in [-0.25, -0.2) is 0 Å². The van der Waals surface area contributed by atoms with Crippen LogP contribution in [0.3, 0.4) is 0 Å². The number of hydrogen-bond acceptors (Lipinski definition) is 5. The molecule has 0 aliphatic carbocycles. The largest absolute Gasteiger partial charge is 0.354 e. The lowest BCUT2D eigenvalue weighted by Gasteiger charge is -2.13. The molecule has 0 atom stereocenters. The first-order valence-corrected chi connectivity index (χ1v) is 9.55. The number of nitrogens with zero attached hydrogens (tertiary/aromatic N) is 3. The van der Waals surface area contributed by atoms with E-state index in [1.54, 1.807) is 18.2 Å². The molecule has 3 aromatic rings. The molecule has 2 aromatic carbocycles. The molecular weight excluding hydrogens is 430 g/mol. The maximum Gasteiger partial charge on any atom is 0.300 e. The molecular formula is C22H18BrN5O. The van der Waals surface area contributed by atoms with Gasteiger partial charge in [-0.1, -0.05) is 27.9 Å². The lowest BCUT2D eigenvalue weighted by atomic mass is 10.1. The van der Waals surface area contributed by atoms with Gasteiger partial charge in [-0.3, -0.25) is 14.7 Å². The van der Waals surface area contributed by atoms with Gasteiger partial charge in [0.25, 0.3) is 5.91 Å². The highest BCUT2D eigenvalue weighted by atomic mass is 79.9. The number of nitriles is 1. The molecule has 144 valence electrons. The fourth-order valence-corrected chi connectivity index (χ4v) is 3.04. The van der Waals surface area contributed by atoms with Crippen molar-refractivity contribution in [2.24, 2.45) is 0 Å². The highest BCUT2D eigenvalue weighted by molar-refractivity contribution is 9.10. The molecule has 0 bridgehead atoms. The van der Waals surface area contributed by atoms with Crippen LogP contribution in [0.1, 0.15) is 5.56 Å². The van der Waals surface area contributed by atoms with E-state index in [2.05, 4.69) is 49.5 Å². The summed E-state index contributed by atoms with van der Waals surface area (Å²) in [6.45, 7) is 0.501. The average molecular weight is 448 g/mol. The van der Waals surface area contributed by atoms with Crippen LogP contribution < -0.4 is 10.6 Å². The van der Waals surface area contributed by atoms with Crippen LogP contribution in [0.25, 0.3) is 10.9 Å². The Hall–Kier alpha value is -3.39. The average Bonchev–Trinajstić information content (AvgIpc) is 2.68. The Morgan fingerprint density at radius 1 is 1.21 bits per heavy atom. The minimum absolute atomic E-state index is 0.392. The fraction of sp³-hybridized carbons (Fsp3) is 0.136. The van der Waals surface area contributed by atoms with E-state index in [0.29, 0.717) is 29.0 Å². The van der Waals surface area contributed by atoms with Gasteiger partial charge < -0.3 is 10.6 Å². The molecule has 7 heteroatoms. The normalized spacial score (nSPS) is 10.2.